The Labute approximate surface area is 164 Å². The van der Waals surface area contributed by atoms with Gasteiger partial charge in [0.05, 0.1) is 6.17 Å². The number of fused-ring (bicyclic) bond motifs is 1. The van der Waals surface area contributed by atoms with E-state index in [0.717, 1.165) is 32.0 Å². The van der Waals surface area contributed by atoms with Crippen LogP contribution in [0.3, 0.4) is 0 Å². The van der Waals surface area contributed by atoms with Crippen molar-refractivity contribution in [1.29, 1.82) is 0 Å². The zero-order chi connectivity index (χ0) is 18.8. The third kappa shape index (κ3) is 4.50. The Balaban J connectivity index is 1.45. The standard InChI is InChI=1S/C21H39N5O/c1-3-20(27)26-12-9-16-18(14-26)22-19(13-15-7-5-4-6-8-15)23-21(16)17-10-11-25(2)24-17/h15-19,21-24H,3-14H2,1-2H3. The highest BCUT2D eigenvalue weighted by atomic mass is 16.2. The van der Waals surface area contributed by atoms with E-state index in [4.69, 9.17) is 0 Å². The van der Waals surface area contributed by atoms with Crippen LogP contribution in [0.1, 0.15) is 64.7 Å². The van der Waals surface area contributed by atoms with Gasteiger partial charge in [-0.3, -0.25) is 20.9 Å². The molecule has 3 aliphatic heterocycles. The number of nitrogens with one attached hydrogen (secondary N) is 3. The van der Waals surface area contributed by atoms with E-state index in [0.29, 0.717) is 42.5 Å². The fourth-order valence-corrected chi connectivity index (χ4v) is 6.00. The van der Waals surface area contributed by atoms with Crippen molar-refractivity contribution in [2.75, 3.05) is 26.7 Å². The van der Waals surface area contributed by atoms with Crippen molar-refractivity contribution in [2.24, 2.45) is 11.8 Å². The topological polar surface area (TPSA) is 59.6 Å². The van der Waals surface area contributed by atoms with Crippen LogP contribution in [0.25, 0.3) is 0 Å². The Kier molecular flexibility index (Phi) is 6.37. The lowest BCUT2D eigenvalue weighted by molar-refractivity contribution is -0.133. The van der Waals surface area contributed by atoms with Crippen LogP contribution in [0, 0.1) is 11.8 Å². The number of hydrogen-bond donors (Lipinski definition) is 3. The summed E-state index contributed by atoms with van der Waals surface area (Å²) in [5.74, 6) is 1.78. The normalized spacial score (nSPS) is 38.7. The van der Waals surface area contributed by atoms with E-state index < -0.39 is 0 Å². The van der Waals surface area contributed by atoms with Crippen LogP contribution in [0.5, 0.6) is 0 Å². The Morgan fingerprint density at radius 1 is 1.00 bits per heavy atom. The molecule has 0 aromatic rings. The maximum Gasteiger partial charge on any atom is 0.222 e. The monoisotopic (exact) mass is 377 g/mol. The van der Waals surface area contributed by atoms with Gasteiger partial charge >= 0.3 is 0 Å². The van der Waals surface area contributed by atoms with E-state index >= 15 is 0 Å². The van der Waals surface area contributed by atoms with Gasteiger partial charge in [0.2, 0.25) is 5.91 Å². The average Bonchev–Trinajstić information content (AvgIpc) is 3.13. The van der Waals surface area contributed by atoms with Gasteiger partial charge in [-0.05, 0) is 31.1 Å². The average molecular weight is 378 g/mol. The molecule has 0 aromatic carbocycles. The summed E-state index contributed by atoms with van der Waals surface area (Å²) < 4.78 is 0. The molecule has 0 aromatic heterocycles. The van der Waals surface area contributed by atoms with E-state index in [-0.39, 0.29) is 0 Å². The maximum absolute atomic E-state index is 12.3. The molecule has 1 saturated carbocycles. The second kappa shape index (κ2) is 8.76. The van der Waals surface area contributed by atoms with Crippen molar-refractivity contribution in [1.82, 2.24) is 26.0 Å². The largest absolute Gasteiger partial charge is 0.341 e. The SMILES string of the molecule is CCC(=O)N1CCC2C(C1)NC(CC1CCCCC1)NC2C1CCN(C)N1. The summed E-state index contributed by atoms with van der Waals surface area (Å²) in [6.45, 7) is 4.92. The van der Waals surface area contributed by atoms with E-state index in [9.17, 15) is 4.79 Å². The van der Waals surface area contributed by atoms with Crippen LogP contribution in [-0.4, -0.2) is 66.8 Å². The molecule has 6 heteroatoms. The summed E-state index contributed by atoms with van der Waals surface area (Å²) in [4.78, 5) is 14.4. The van der Waals surface area contributed by atoms with Crippen molar-refractivity contribution in [3.8, 4) is 0 Å². The van der Waals surface area contributed by atoms with Crippen molar-refractivity contribution < 1.29 is 4.79 Å². The molecule has 0 bridgehead atoms. The van der Waals surface area contributed by atoms with Gasteiger partial charge in [0.15, 0.2) is 0 Å². The summed E-state index contributed by atoms with van der Waals surface area (Å²) in [6, 6.07) is 1.46. The van der Waals surface area contributed by atoms with E-state index in [1.54, 1.807) is 0 Å². The molecule has 154 valence electrons. The van der Waals surface area contributed by atoms with Gasteiger partial charge in [0, 0.05) is 51.2 Å². The number of rotatable bonds is 4. The van der Waals surface area contributed by atoms with Crippen LogP contribution in [0.4, 0.5) is 0 Å². The van der Waals surface area contributed by atoms with Gasteiger partial charge in [-0.2, -0.15) is 0 Å². The predicted octanol–water partition coefficient (Wildman–Crippen LogP) is 1.68. The summed E-state index contributed by atoms with van der Waals surface area (Å²) in [6.07, 6.45) is 11.6. The maximum atomic E-state index is 12.3. The molecule has 4 aliphatic rings. The number of carbonyl (C=O) groups excluding carboxylic acids is 1. The first-order valence-electron chi connectivity index (χ1n) is 11.4. The Hall–Kier alpha value is -0.690. The molecule has 1 amide bonds. The molecule has 5 unspecified atom stereocenters. The first-order valence-corrected chi connectivity index (χ1v) is 11.4. The molecular formula is C21H39N5O. The summed E-state index contributed by atoms with van der Waals surface area (Å²) in [7, 11) is 2.15. The molecule has 0 radical (unpaired) electrons. The summed E-state index contributed by atoms with van der Waals surface area (Å²) in [5, 5.41) is 10.2. The lowest BCUT2D eigenvalue weighted by Crippen LogP contribution is -2.71. The molecule has 27 heavy (non-hydrogen) atoms. The first-order chi connectivity index (χ1) is 13.1. The van der Waals surface area contributed by atoms with Crippen LogP contribution in [-0.2, 0) is 4.79 Å². The number of hydrazine groups is 1. The summed E-state index contributed by atoms with van der Waals surface area (Å²) >= 11 is 0. The van der Waals surface area contributed by atoms with Gasteiger partial charge in [-0.15, -0.1) is 0 Å². The Morgan fingerprint density at radius 2 is 1.81 bits per heavy atom. The highest BCUT2D eigenvalue weighted by molar-refractivity contribution is 5.76. The van der Waals surface area contributed by atoms with Gasteiger partial charge < -0.3 is 4.90 Å². The fraction of sp³-hybridized carbons (Fsp3) is 0.952. The van der Waals surface area contributed by atoms with Gasteiger partial charge in [-0.25, -0.2) is 5.01 Å². The number of nitrogens with zero attached hydrogens (tertiary/aromatic N) is 2. The smallest absolute Gasteiger partial charge is 0.222 e. The number of likely N-dealkylation sites (tertiary alicyclic amines) is 1. The zero-order valence-electron chi connectivity index (χ0n) is 17.3. The minimum absolute atomic E-state index is 0.313. The Morgan fingerprint density at radius 3 is 2.52 bits per heavy atom. The second-order valence-corrected chi connectivity index (χ2v) is 9.35. The van der Waals surface area contributed by atoms with Gasteiger partial charge in [0.1, 0.15) is 0 Å². The molecule has 3 N–H and O–H groups in total. The van der Waals surface area contributed by atoms with Crippen LogP contribution in [0.15, 0.2) is 0 Å². The molecule has 0 spiro atoms. The van der Waals surface area contributed by atoms with Gasteiger partial charge in [0.25, 0.3) is 0 Å². The van der Waals surface area contributed by atoms with E-state index in [1.165, 1.54) is 44.9 Å². The van der Waals surface area contributed by atoms with Gasteiger partial charge in [-0.1, -0.05) is 39.0 Å². The fourth-order valence-electron chi connectivity index (χ4n) is 6.00. The molecule has 1 aliphatic carbocycles. The third-order valence-corrected chi connectivity index (χ3v) is 7.48. The van der Waals surface area contributed by atoms with Crippen molar-refractivity contribution in [3.05, 3.63) is 0 Å². The second-order valence-electron chi connectivity index (χ2n) is 9.35. The van der Waals surface area contributed by atoms with Crippen LogP contribution >= 0.6 is 0 Å². The zero-order valence-corrected chi connectivity index (χ0v) is 17.3. The summed E-state index contributed by atoms with van der Waals surface area (Å²) in [5.41, 5.74) is 3.69. The van der Waals surface area contributed by atoms with Crippen molar-refractivity contribution >= 4 is 5.91 Å². The first kappa shape index (κ1) is 19.6. The molecule has 6 nitrogen and oxygen atoms in total. The number of carbonyl (C=O) groups is 1. The van der Waals surface area contributed by atoms with Crippen molar-refractivity contribution in [3.63, 3.8) is 0 Å². The highest BCUT2D eigenvalue weighted by Gasteiger charge is 2.45. The van der Waals surface area contributed by atoms with E-state index in [2.05, 4.69) is 33.0 Å². The molecule has 3 heterocycles. The third-order valence-electron chi connectivity index (χ3n) is 7.48. The lowest BCUT2D eigenvalue weighted by atomic mass is 9.78. The van der Waals surface area contributed by atoms with Crippen molar-refractivity contribution in [2.45, 2.75) is 89.0 Å². The molecule has 4 rings (SSSR count). The number of hydrogen-bond acceptors (Lipinski definition) is 5. The number of amides is 1. The molecule has 5 atom stereocenters. The highest BCUT2D eigenvalue weighted by Crippen LogP contribution is 2.32. The molecule has 3 saturated heterocycles. The van der Waals surface area contributed by atoms with Crippen LogP contribution < -0.4 is 16.1 Å². The Bertz CT molecular complexity index is 509. The molecular weight excluding hydrogens is 338 g/mol. The van der Waals surface area contributed by atoms with E-state index in [1.807, 2.05) is 6.92 Å². The predicted molar refractivity (Wildman–Crippen MR) is 108 cm³/mol. The number of piperidine rings is 1. The minimum atomic E-state index is 0.313. The van der Waals surface area contributed by atoms with Crippen LogP contribution in [0.2, 0.25) is 0 Å². The quantitative estimate of drug-likeness (QED) is 0.696. The lowest BCUT2D eigenvalue weighted by Gasteiger charge is -2.51. The molecule has 4 fully saturated rings. The minimum Gasteiger partial charge on any atom is -0.341 e.